The van der Waals surface area contributed by atoms with E-state index >= 15 is 0 Å². The smallest absolute Gasteiger partial charge is 0.337 e. The molecule has 1 aromatic carbocycles. The van der Waals surface area contributed by atoms with Crippen LogP contribution in [0, 0.1) is 5.92 Å². The van der Waals surface area contributed by atoms with Crippen LogP contribution in [0.25, 0.3) is 0 Å². The number of nitrogens with zero attached hydrogens (tertiary/aromatic N) is 1. The van der Waals surface area contributed by atoms with Crippen molar-refractivity contribution in [3.05, 3.63) is 28.8 Å². The number of carbonyl (C=O) groups is 1. The van der Waals surface area contributed by atoms with Crippen LogP contribution >= 0.6 is 11.6 Å². The summed E-state index contributed by atoms with van der Waals surface area (Å²) in [4.78, 5) is 10.9. The van der Waals surface area contributed by atoms with Gasteiger partial charge in [0.1, 0.15) is 0 Å². The Labute approximate surface area is 130 Å². The van der Waals surface area contributed by atoms with Crippen LogP contribution in [-0.2, 0) is 10.0 Å². The summed E-state index contributed by atoms with van der Waals surface area (Å²) in [5, 5.41) is 8.82. The first kappa shape index (κ1) is 17.9. The van der Waals surface area contributed by atoms with Gasteiger partial charge in [-0.15, -0.1) is 0 Å². The second-order valence-electron chi connectivity index (χ2n) is 5.45. The molecular formula is C14H20ClNO4S. The van der Waals surface area contributed by atoms with Gasteiger partial charge < -0.3 is 5.11 Å². The molecule has 118 valence electrons. The number of hydrogen-bond acceptors (Lipinski definition) is 3. The first-order chi connectivity index (χ1) is 9.57. The predicted octanol–water partition coefficient (Wildman–Crippen LogP) is 3.09. The number of sulfonamides is 1. The number of halogens is 1. The highest BCUT2D eigenvalue weighted by Crippen LogP contribution is 2.25. The molecule has 0 saturated heterocycles. The maximum absolute atomic E-state index is 12.5. The normalized spacial score (nSPS) is 13.7. The topological polar surface area (TPSA) is 74.7 Å². The van der Waals surface area contributed by atoms with Crippen molar-refractivity contribution in [2.45, 2.75) is 38.1 Å². The Morgan fingerprint density at radius 2 is 1.90 bits per heavy atom. The van der Waals surface area contributed by atoms with E-state index in [1.165, 1.54) is 29.6 Å². The lowest BCUT2D eigenvalue weighted by Gasteiger charge is -2.25. The molecule has 0 aliphatic carbocycles. The van der Waals surface area contributed by atoms with Gasteiger partial charge in [-0.25, -0.2) is 13.2 Å². The number of carboxylic acids is 1. The number of aromatic carboxylic acids is 1. The van der Waals surface area contributed by atoms with Crippen molar-refractivity contribution in [1.82, 2.24) is 4.31 Å². The average Bonchev–Trinajstić information content (AvgIpc) is 2.36. The summed E-state index contributed by atoms with van der Waals surface area (Å²) in [5.74, 6) is -0.818. The molecule has 0 spiro atoms. The van der Waals surface area contributed by atoms with Gasteiger partial charge in [-0.1, -0.05) is 25.4 Å². The van der Waals surface area contributed by atoms with Crippen molar-refractivity contribution in [3.63, 3.8) is 0 Å². The van der Waals surface area contributed by atoms with E-state index in [-0.39, 0.29) is 21.5 Å². The maximum Gasteiger partial charge on any atom is 0.337 e. The summed E-state index contributed by atoms with van der Waals surface area (Å²) >= 11 is 5.84. The van der Waals surface area contributed by atoms with Gasteiger partial charge in [-0.3, -0.25) is 0 Å². The zero-order chi connectivity index (χ0) is 16.4. The predicted molar refractivity (Wildman–Crippen MR) is 82.3 cm³/mol. The SMILES string of the molecule is CC(C)CC(C)N(C)S(=O)(=O)c1ccc(C(=O)O)c(Cl)c1. The fraction of sp³-hybridized carbons (Fsp3) is 0.500. The molecule has 1 N–H and O–H groups in total. The first-order valence-corrected chi connectivity index (χ1v) is 8.40. The molecule has 5 nitrogen and oxygen atoms in total. The zero-order valence-corrected chi connectivity index (χ0v) is 14.1. The molecule has 0 aromatic heterocycles. The molecule has 0 saturated carbocycles. The molecule has 1 rings (SSSR count). The van der Waals surface area contributed by atoms with Crippen LogP contribution in [0.5, 0.6) is 0 Å². The van der Waals surface area contributed by atoms with E-state index in [1.807, 2.05) is 20.8 Å². The standard InChI is InChI=1S/C14H20ClNO4S/c1-9(2)7-10(3)16(4)21(19,20)11-5-6-12(14(17)18)13(15)8-11/h5-6,8-10H,7H2,1-4H3,(H,17,18). The first-order valence-electron chi connectivity index (χ1n) is 6.58. The Kier molecular flexibility index (Phi) is 5.78. The number of benzene rings is 1. The summed E-state index contributed by atoms with van der Waals surface area (Å²) in [6, 6.07) is 3.49. The van der Waals surface area contributed by atoms with Crippen molar-refractivity contribution in [1.29, 1.82) is 0 Å². The van der Waals surface area contributed by atoms with E-state index in [2.05, 4.69) is 0 Å². The van der Waals surface area contributed by atoms with Crippen LogP contribution in [0.1, 0.15) is 37.6 Å². The van der Waals surface area contributed by atoms with E-state index in [9.17, 15) is 13.2 Å². The average molecular weight is 334 g/mol. The van der Waals surface area contributed by atoms with E-state index < -0.39 is 16.0 Å². The van der Waals surface area contributed by atoms with Crippen molar-refractivity contribution in [2.24, 2.45) is 5.92 Å². The van der Waals surface area contributed by atoms with E-state index in [0.717, 1.165) is 6.42 Å². The molecule has 1 unspecified atom stereocenters. The van der Waals surface area contributed by atoms with Crippen LogP contribution < -0.4 is 0 Å². The van der Waals surface area contributed by atoms with E-state index in [4.69, 9.17) is 16.7 Å². The Morgan fingerprint density at radius 3 is 2.33 bits per heavy atom. The van der Waals surface area contributed by atoms with E-state index in [1.54, 1.807) is 0 Å². The molecule has 0 heterocycles. The summed E-state index contributed by atoms with van der Waals surface area (Å²) in [6.07, 6.45) is 0.733. The van der Waals surface area contributed by atoms with Gasteiger partial charge in [0.05, 0.1) is 15.5 Å². The minimum Gasteiger partial charge on any atom is -0.478 e. The van der Waals surface area contributed by atoms with E-state index in [0.29, 0.717) is 5.92 Å². The number of carboxylic acid groups (broad SMARTS) is 1. The highest BCUT2D eigenvalue weighted by atomic mass is 35.5. The quantitative estimate of drug-likeness (QED) is 0.868. The fourth-order valence-corrected chi connectivity index (χ4v) is 3.79. The number of hydrogen-bond donors (Lipinski definition) is 1. The Morgan fingerprint density at radius 1 is 1.33 bits per heavy atom. The van der Waals surface area contributed by atoms with Crippen molar-refractivity contribution < 1.29 is 18.3 Å². The largest absolute Gasteiger partial charge is 0.478 e. The second kappa shape index (κ2) is 6.77. The highest BCUT2D eigenvalue weighted by Gasteiger charge is 2.26. The van der Waals surface area contributed by atoms with Gasteiger partial charge in [0.25, 0.3) is 0 Å². The van der Waals surface area contributed by atoms with Gasteiger partial charge in [0.15, 0.2) is 0 Å². The minimum absolute atomic E-state index is 0.00407. The minimum atomic E-state index is -3.69. The van der Waals surface area contributed by atoms with Crippen LogP contribution in [0.3, 0.4) is 0 Å². The zero-order valence-electron chi connectivity index (χ0n) is 12.5. The molecule has 0 bridgehead atoms. The third-order valence-corrected chi connectivity index (χ3v) is 5.56. The van der Waals surface area contributed by atoms with Gasteiger partial charge in [-0.05, 0) is 37.5 Å². The van der Waals surface area contributed by atoms with Crippen molar-refractivity contribution in [3.8, 4) is 0 Å². The van der Waals surface area contributed by atoms with Crippen LogP contribution in [0.4, 0.5) is 0 Å². The van der Waals surface area contributed by atoms with Crippen LogP contribution in [0.15, 0.2) is 23.1 Å². The monoisotopic (exact) mass is 333 g/mol. The molecule has 7 heteroatoms. The lowest BCUT2D eigenvalue weighted by molar-refractivity contribution is 0.0697. The van der Waals surface area contributed by atoms with Crippen LogP contribution in [-0.4, -0.2) is 36.9 Å². The highest BCUT2D eigenvalue weighted by molar-refractivity contribution is 7.89. The molecule has 0 fully saturated rings. The molecule has 1 aromatic rings. The molecule has 21 heavy (non-hydrogen) atoms. The molecular weight excluding hydrogens is 314 g/mol. The van der Waals surface area contributed by atoms with Gasteiger partial charge in [-0.2, -0.15) is 4.31 Å². The summed E-state index contributed by atoms with van der Waals surface area (Å²) in [7, 11) is -2.18. The molecule has 0 aliphatic rings. The molecule has 0 radical (unpaired) electrons. The fourth-order valence-electron chi connectivity index (χ4n) is 2.06. The molecule has 0 amide bonds. The summed E-state index contributed by atoms with van der Waals surface area (Å²) in [5.41, 5.74) is -0.117. The molecule has 1 atom stereocenters. The summed E-state index contributed by atoms with van der Waals surface area (Å²) < 4.78 is 26.3. The second-order valence-corrected chi connectivity index (χ2v) is 7.85. The molecule has 0 aliphatic heterocycles. The third-order valence-electron chi connectivity index (χ3n) is 3.28. The van der Waals surface area contributed by atoms with Gasteiger partial charge in [0.2, 0.25) is 10.0 Å². The number of rotatable bonds is 6. The Balaban J connectivity index is 3.13. The van der Waals surface area contributed by atoms with Crippen molar-refractivity contribution in [2.75, 3.05) is 7.05 Å². The third kappa shape index (κ3) is 4.18. The Bertz CT molecular complexity index is 628. The van der Waals surface area contributed by atoms with Crippen molar-refractivity contribution >= 4 is 27.6 Å². The lowest BCUT2D eigenvalue weighted by atomic mass is 10.1. The summed E-state index contributed by atoms with van der Waals surface area (Å²) in [6.45, 7) is 5.88. The Hall–Kier alpha value is -1.11. The van der Waals surface area contributed by atoms with Crippen LogP contribution in [0.2, 0.25) is 5.02 Å². The van der Waals surface area contributed by atoms with Gasteiger partial charge in [0, 0.05) is 13.1 Å². The lowest BCUT2D eigenvalue weighted by Crippen LogP contribution is -2.35. The maximum atomic E-state index is 12.5. The van der Waals surface area contributed by atoms with Gasteiger partial charge >= 0.3 is 5.97 Å².